The van der Waals surface area contributed by atoms with Crippen LogP contribution in [0.25, 0.3) is 0 Å². The SMILES string of the molecule is O=C(CCn1cccn1)N1CCC(c2noc(=O)[nH]2)C1. The number of amides is 1. The molecular weight excluding hydrogens is 262 g/mol. The van der Waals surface area contributed by atoms with Gasteiger partial charge in [-0.05, 0) is 12.5 Å². The maximum absolute atomic E-state index is 12.1. The van der Waals surface area contributed by atoms with Gasteiger partial charge in [0.15, 0.2) is 5.82 Å². The van der Waals surface area contributed by atoms with Crippen LogP contribution in [0, 0.1) is 0 Å². The van der Waals surface area contributed by atoms with E-state index < -0.39 is 5.76 Å². The maximum Gasteiger partial charge on any atom is 0.438 e. The molecule has 0 aliphatic carbocycles. The van der Waals surface area contributed by atoms with E-state index in [0.29, 0.717) is 31.9 Å². The van der Waals surface area contributed by atoms with Crippen LogP contribution in [0.2, 0.25) is 0 Å². The summed E-state index contributed by atoms with van der Waals surface area (Å²) in [5.41, 5.74) is 0. The number of hydrogen-bond acceptors (Lipinski definition) is 5. The fraction of sp³-hybridized carbons (Fsp3) is 0.500. The molecule has 0 radical (unpaired) electrons. The first kappa shape index (κ1) is 12.6. The third-order valence-corrected chi connectivity index (χ3v) is 3.50. The summed E-state index contributed by atoms with van der Waals surface area (Å²) in [5.74, 6) is 0.116. The van der Waals surface area contributed by atoms with Gasteiger partial charge in [-0.2, -0.15) is 5.10 Å². The third-order valence-electron chi connectivity index (χ3n) is 3.50. The van der Waals surface area contributed by atoms with E-state index in [1.54, 1.807) is 15.8 Å². The molecule has 0 saturated carbocycles. The van der Waals surface area contributed by atoms with Crippen molar-refractivity contribution in [1.82, 2.24) is 24.8 Å². The fourth-order valence-corrected chi connectivity index (χ4v) is 2.43. The molecule has 0 bridgehead atoms. The van der Waals surface area contributed by atoms with Gasteiger partial charge < -0.3 is 4.90 Å². The number of aromatic nitrogens is 4. The molecular formula is C12H15N5O3. The molecule has 2 aromatic rings. The number of likely N-dealkylation sites (tertiary alicyclic amines) is 1. The summed E-state index contributed by atoms with van der Waals surface area (Å²) in [5, 5.41) is 7.75. The number of aryl methyl sites for hydroxylation is 1. The van der Waals surface area contributed by atoms with Gasteiger partial charge in [0, 0.05) is 44.4 Å². The Labute approximate surface area is 114 Å². The van der Waals surface area contributed by atoms with E-state index in [4.69, 9.17) is 0 Å². The monoisotopic (exact) mass is 277 g/mol. The van der Waals surface area contributed by atoms with E-state index in [1.807, 2.05) is 12.3 Å². The predicted molar refractivity (Wildman–Crippen MR) is 67.9 cm³/mol. The van der Waals surface area contributed by atoms with Gasteiger partial charge in [0.2, 0.25) is 5.91 Å². The number of carbonyl (C=O) groups is 1. The zero-order valence-corrected chi connectivity index (χ0v) is 10.9. The largest absolute Gasteiger partial charge is 0.438 e. The molecule has 1 aliphatic heterocycles. The van der Waals surface area contributed by atoms with E-state index in [2.05, 4.69) is 19.8 Å². The normalized spacial score (nSPS) is 18.6. The molecule has 1 unspecified atom stereocenters. The fourth-order valence-electron chi connectivity index (χ4n) is 2.43. The molecule has 2 aromatic heterocycles. The van der Waals surface area contributed by atoms with E-state index >= 15 is 0 Å². The van der Waals surface area contributed by atoms with Crippen LogP contribution < -0.4 is 5.76 Å². The van der Waals surface area contributed by atoms with Gasteiger partial charge in [-0.1, -0.05) is 5.16 Å². The van der Waals surface area contributed by atoms with Crippen molar-refractivity contribution in [2.75, 3.05) is 13.1 Å². The molecule has 1 atom stereocenters. The molecule has 20 heavy (non-hydrogen) atoms. The Balaban J connectivity index is 1.54. The van der Waals surface area contributed by atoms with Crippen LogP contribution >= 0.6 is 0 Å². The summed E-state index contributed by atoms with van der Waals surface area (Å²) in [7, 11) is 0. The molecule has 0 aromatic carbocycles. The van der Waals surface area contributed by atoms with Crippen molar-refractivity contribution in [2.45, 2.75) is 25.3 Å². The van der Waals surface area contributed by atoms with Crippen molar-refractivity contribution in [2.24, 2.45) is 0 Å². The second kappa shape index (κ2) is 5.32. The van der Waals surface area contributed by atoms with Crippen LogP contribution in [-0.2, 0) is 11.3 Å². The summed E-state index contributed by atoms with van der Waals surface area (Å²) in [4.78, 5) is 27.4. The van der Waals surface area contributed by atoms with Crippen LogP contribution in [0.1, 0.15) is 24.6 Å². The third kappa shape index (κ3) is 2.63. The molecule has 8 nitrogen and oxygen atoms in total. The van der Waals surface area contributed by atoms with Crippen LogP contribution in [0.15, 0.2) is 27.8 Å². The van der Waals surface area contributed by atoms with Crippen molar-refractivity contribution in [3.05, 3.63) is 34.8 Å². The second-order valence-corrected chi connectivity index (χ2v) is 4.82. The van der Waals surface area contributed by atoms with E-state index in [9.17, 15) is 9.59 Å². The lowest BCUT2D eigenvalue weighted by Gasteiger charge is -2.15. The van der Waals surface area contributed by atoms with Crippen molar-refractivity contribution < 1.29 is 9.32 Å². The Morgan fingerprint density at radius 1 is 1.55 bits per heavy atom. The van der Waals surface area contributed by atoms with Crippen LogP contribution in [0.3, 0.4) is 0 Å². The summed E-state index contributed by atoms with van der Waals surface area (Å²) in [6, 6.07) is 1.83. The predicted octanol–water partition coefficient (Wildman–Crippen LogP) is -0.0344. The maximum atomic E-state index is 12.1. The highest BCUT2D eigenvalue weighted by Gasteiger charge is 2.29. The number of aromatic amines is 1. The Morgan fingerprint density at radius 3 is 3.15 bits per heavy atom. The van der Waals surface area contributed by atoms with Crippen LogP contribution in [0.4, 0.5) is 0 Å². The minimum atomic E-state index is -0.552. The summed E-state index contributed by atoms with van der Waals surface area (Å²) in [6.45, 7) is 1.83. The first-order chi connectivity index (χ1) is 9.72. The Morgan fingerprint density at radius 2 is 2.45 bits per heavy atom. The van der Waals surface area contributed by atoms with Crippen molar-refractivity contribution in [3.63, 3.8) is 0 Å². The lowest BCUT2D eigenvalue weighted by atomic mass is 10.1. The van der Waals surface area contributed by atoms with E-state index in [0.717, 1.165) is 6.42 Å². The zero-order valence-electron chi connectivity index (χ0n) is 10.9. The number of nitrogens with one attached hydrogen (secondary N) is 1. The first-order valence-corrected chi connectivity index (χ1v) is 6.53. The lowest BCUT2D eigenvalue weighted by molar-refractivity contribution is -0.130. The van der Waals surface area contributed by atoms with Crippen molar-refractivity contribution in [1.29, 1.82) is 0 Å². The molecule has 106 valence electrons. The number of carbonyl (C=O) groups excluding carboxylic acids is 1. The molecule has 1 saturated heterocycles. The highest BCUT2D eigenvalue weighted by molar-refractivity contribution is 5.76. The topological polar surface area (TPSA) is 97.0 Å². The summed E-state index contributed by atoms with van der Waals surface area (Å²) < 4.78 is 6.23. The minimum absolute atomic E-state index is 0.0510. The molecule has 1 amide bonds. The van der Waals surface area contributed by atoms with Gasteiger partial charge in [-0.3, -0.25) is 19.0 Å². The number of rotatable bonds is 4. The summed E-state index contributed by atoms with van der Waals surface area (Å²) in [6.07, 6.45) is 4.73. The Kier molecular flexibility index (Phi) is 3.36. The van der Waals surface area contributed by atoms with Crippen LogP contribution in [0.5, 0.6) is 0 Å². The molecule has 1 N–H and O–H groups in total. The van der Waals surface area contributed by atoms with Gasteiger partial charge in [0.1, 0.15) is 0 Å². The molecule has 8 heteroatoms. The molecule has 0 spiro atoms. The summed E-state index contributed by atoms with van der Waals surface area (Å²) >= 11 is 0. The van der Waals surface area contributed by atoms with Gasteiger partial charge in [0.25, 0.3) is 0 Å². The smallest absolute Gasteiger partial charge is 0.342 e. The van der Waals surface area contributed by atoms with Gasteiger partial charge >= 0.3 is 5.76 Å². The molecule has 3 rings (SSSR count). The second-order valence-electron chi connectivity index (χ2n) is 4.82. The quantitative estimate of drug-likeness (QED) is 0.846. The number of nitrogens with zero attached hydrogens (tertiary/aromatic N) is 4. The minimum Gasteiger partial charge on any atom is -0.342 e. The highest BCUT2D eigenvalue weighted by atomic mass is 16.5. The molecule has 1 fully saturated rings. The van der Waals surface area contributed by atoms with E-state index in [-0.39, 0.29) is 11.8 Å². The lowest BCUT2D eigenvalue weighted by Crippen LogP contribution is -2.29. The first-order valence-electron chi connectivity index (χ1n) is 6.53. The highest BCUT2D eigenvalue weighted by Crippen LogP contribution is 2.24. The zero-order chi connectivity index (χ0) is 13.9. The van der Waals surface area contributed by atoms with Gasteiger partial charge in [-0.15, -0.1) is 0 Å². The van der Waals surface area contributed by atoms with Crippen molar-refractivity contribution in [3.8, 4) is 0 Å². The molecule has 3 heterocycles. The Hall–Kier alpha value is -2.38. The number of H-pyrrole nitrogens is 1. The van der Waals surface area contributed by atoms with E-state index in [1.165, 1.54) is 0 Å². The van der Waals surface area contributed by atoms with Gasteiger partial charge in [0.05, 0.1) is 0 Å². The number of hydrogen-bond donors (Lipinski definition) is 1. The molecule has 1 aliphatic rings. The van der Waals surface area contributed by atoms with Crippen LogP contribution in [-0.4, -0.2) is 43.8 Å². The van der Waals surface area contributed by atoms with Crippen molar-refractivity contribution >= 4 is 5.91 Å². The average molecular weight is 277 g/mol. The van der Waals surface area contributed by atoms with Gasteiger partial charge in [-0.25, -0.2) is 4.79 Å². The average Bonchev–Trinajstić information content (AvgIpc) is 3.16. The Bertz CT molecular complexity index is 630. The standard InChI is InChI=1S/C12H15N5O3/c18-10(3-7-17-5-1-4-13-17)16-6-2-9(8-16)11-14-12(19)20-15-11/h1,4-5,9H,2-3,6-8H2,(H,14,15,19).